The van der Waals surface area contributed by atoms with E-state index in [-0.39, 0.29) is 0 Å². The average Bonchev–Trinajstić information content (AvgIpc) is 1.66. The molecule has 0 aliphatic carbocycles. The van der Waals surface area contributed by atoms with Crippen molar-refractivity contribution in [3.63, 3.8) is 0 Å². The molecule has 0 aliphatic heterocycles. The van der Waals surface area contributed by atoms with Crippen LogP contribution in [0.4, 0.5) is 12.9 Å². The second kappa shape index (κ2) is 10.7. The molecule has 0 bridgehead atoms. The van der Waals surface area contributed by atoms with Crippen LogP contribution in [0.2, 0.25) is 0 Å². The van der Waals surface area contributed by atoms with E-state index >= 15 is 0 Å². The summed E-state index contributed by atoms with van der Waals surface area (Å²) in [6.07, 6.45) is 2.39. The van der Waals surface area contributed by atoms with Gasteiger partial charge in [0, 0.05) is 0 Å². The van der Waals surface area contributed by atoms with E-state index in [1.165, 1.54) is 12.8 Å². The molecular weight excluding hydrogens is 130 g/mol. The van der Waals surface area contributed by atoms with E-state index in [2.05, 4.69) is 6.92 Å². The van der Waals surface area contributed by atoms with Gasteiger partial charge in [0.15, 0.2) is 0 Å². The van der Waals surface area contributed by atoms with Gasteiger partial charge in [-0.2, -0.15) is 0 Å². The second-order valence-corrected chi connectivity index (χ2v) is 1.39. The zero-order valence-corrected chi connectivity index (χ0v) is 5.41. The quantitative estimate of drug-likeness (QED) is 0.581. The van der Waals surface area contributed by atoms with E-state index in [0.717, 1.165) is 6.54 Å². The number of halogens is 3. The molecule has 2 N–H and O–H groups in total. The maximum Gasteiger partial charge on any atom is 0.762 e. The van der Waals surface area contributed by atoms with E-state index < -0.39 is 7.54 Å². The third-order valence-corrected chi connectivity index (χ3v) is 0.558. The molecule has 0 aromatic carbocycles. The lowest BCUT2D eigenvalue weighted by atomic mass is 10.3. The minimum Gasteiger partial charge on any atom is -0.330 e. The molecule has 5 heteroatoms. The van der Waals surface area contributed by atoms with E-state index in [1.807, 2.05) is 0 Å². The predicted octanol–water partition coefficient (Wildman–Crippen LogP) is 1.62. The Morgan fingerprint density at radius 3 is 1.67 bits per heavy atom. The van der Waals surface area contributed by atoms with E-state index in [0.29, 0.717) is 0 Å². The van der Waals surface area contributed by atoms with Gasteiger partial charge < -0.3 is 5.73 Å². The first-order valence-corrected chi connectivity index (χ1v) is 2.77. The minimum atomic E-state index is -3.67. The summed E-state index contributed by atoms with van der Waals surface area (Å²) in [6.45, 7) is 2.98. The Morgan fingerprint density at radius 2 is 1.67 bits per heavy atom. The third-order valence-electron chi connectivity index (χ3n) is 0.558. The van der Waals surface area contributed by atoms with Crippen LogP contribution in [-0.2, 0) is 0 Å². The number of hydrogen-bond donors (Lipinski definition) is 1. The van der Waals surface area contributed by atoms with Crippen molar-refractivity contribution in [2.75, 3.05) is 6.54 Å². The normalized spacial score (nSPS) is 7.67. The summed E-state index contributed by atoms with van der Waals surface area (Å²) < 4.78 is 29.0. The molecular formula is C4H11BF3N. The number of rotatable bonds is 2. The zero-order chi connectivity index (χ0) is 7.70. The maximum atomic E-state index is 9.67. The monoisotopic (exact) mass is 141 g/mol. The smallest absolute Gasteiger partial charge is 0.330 e. The molecule has 0 aliphatic rings. The summed E-state index contributed by atoms with van der Waals surface area (Å²) in [6, 6.07) is 0. The largest absolute Gasteiger partial charge is 0.762 e. The highest BCUT2D eigenvalue weighted by molar-refractivity contribution is 6.33. The van der Waals surface area contributed by atoms with Crippen molar-refractivity contribution in [1.82, 2.24) is 0 Å². The van der Waals surface area contributed by atoms with Gasteiger partial charge in [0.1, 0.15) is 0 Å². The molecule has 1 nitrogen and oxygen atoms in total. The molecule has 0 aromatic heterocycles. The highest BCUT2D eigenvalue weighted by Gasteiger charge is 2.06. The van der Waals surface area contributed by atoms with Crippen molar-refractivity contribution in [1.29, 1.82) is 0 Å². The van der Waals surface area contributed by atoms with Crippen LogP contribution in [0.1, 0.15) is 19.8 Å². The van der Waals surface area contributed by atoms with Crippen molar-refractivity contribution >= 4 is 7.54 Å². The maximum absolute atomic E-state index is 9.67. The Hall–Kier alpha value is -0.185. The molecule has 0 saturated heterocycles. The van der Waals surface area contributed by atoms with Gasteiger partial charge in [-0.3, -0.25) is 12.9 Å². The Bertz CT molecular complexity index is 40.0. The van der Waals surface area contributed by atoms with Crippen molar-refractivity contribution in [2.24, 2.45) is 5.73 Å². The fourth-order valence-corrected chi connectivity index (χ4v) is 0.204. The van der Waals surface area contributed by atoms with Crippen LogP contribution in [0.3, 0.4) is 0 Å². The van der Waals surface area contributed by atoms with Crippen LogP contribution >= 0.6 is 0 Å². The van der Waals surface area contributed by atoms with Crippen LogP contribution in [0, 0.1) is 0 Å². The number of hydrogen-bond acceptors (Lipinski definition) is 1. The summed E-state index contributed by atoms with van der Waals surface area (Å²) in [5.41, 5.74) is 5.14. The summed E-state index contributed by atoms with van der Waals surface area (Å²) in [5.74, 6) is 0. The molecule has 0 unspecified atom stereocenters. The minimum absolute atomic E-state index is 0.844. The first-order chi connectivity index (χ1) is 4.15. The highest BCUT2D eigenvalue weighted by atomic mass is 19.4. The molecule has 0 amide bonds. The zero-order valence-electron chi connectivity index (χ0n) is 5.41. The Balaban J connectivity index is 0. The van der Waals surface area contributed by atoms with Crippen LogP contribution in [0.25, 0.3) is 0 Å². The molecule has 0 spiro atoms. The van der Waals surface area contributed by atoms with Gasteiger partial charge in [0.25, 0.3) is 0 Å². The fraction of sp³-hybridized carbons (Fsp3) is 1.00. The lowest BCUT2D eigenvalue weighted by Crippen LogP contribution is -1.95. The standard InChI is InChI=1S/C4H11N.BF3/c1-2-3-4-5;2-1(3)4/h2-5H2,1H3;. The van der Waals surface area contributed by atoms with Crippen LogP contribution < -0.4 is 5.73 Å². The summed E-state index contributed by atoms with van der Waals surface area (Å²) in [4.78, 5) is 0. The molecule has 0 aromatic rings. The molecule has 0 fully saturated rings. The summed E-state index contributed by atoms with van der Waals surface area (Å²) >= 11 is 0. The lowest BCUT2D eigenvalue weighted by molar-refractivity contribution is 0.535. The Kier molecular flexibility index (Phi) is 13.8. The van der Waals surface area contributed by atoms with E-state index in [1.54, 1.807) is 0 Å². The van der Waals surface area contributed by atoms with Crippen molar-refractivity contribution in [2.45, 2.75) is 19.8 Å². The Labute approximate surface area is 53.6 Å². The lowest BCUT2D eigenvalue weighted by Gasteiger charge is -1.80. The highest BCUT2D eigenvalue weighted by Crippen LogP contribution is 1.80. The predicted molar refractivity (Wildman–Crippen MR) is 33.0 cm³/mol. The third kappa shape index (κ3) is 80.2. The van der Waals surface area contributed by atoms with Gasteiger partial charge >= 0.3 is 7.54 Å². The van der Waals surface area contributed by atoms with E-state index in [4.69, 9.17) is 5.73 Å². The van der Waals surface area contributed by atoms with Gasteiger partial charge in [0.05, 0.1) is 0 Å². The first kappa shape index (κ1) is 11.6. The van der Waals surface area contributed by atoms with Gasteiger partial charge in [-0.15, -0.1) is 0 Å². The molecule has 0 atom stereocenters. The van der Waals surface area contributed by atoms with Gasteiger partial charge in [-0.05, 0) is 13.0 Å². The molecule has 0 rings (SSSR count). The van der Waals surface area contributed by atoms with Gasteiger partial charge in [-0.1, -0.05) is 13.3 Å². The molecule has 0 radical (unpaired) electrons. The second-order valence-electron chi connectivity index (χ2n) is 1.39. The van der Waals surface area contributed by atoms with Crippen LogP contribution in [0.5, 0.6) is 0 Å². The SMILES string of the molecule is CCCCN.FB(F)F. The number of unbranched alkanes of at least 4 members (excludes halogenated alkanes) is 1. The Morgan fingerprint density at radius 1 is 1.33 bits per heavy atom. The van der Waals surface area contributed by atoms with Gasteiger partial charge in [0.2, 0.25) is 0 Å². The first-order valence-electron chi connectivity index (χ1n) is 2.77. The topological polar surface area (TPSA) is 26.0 Å². The van der Waals surface area contributed by atoms with Gasteiger partial charge in [-0.25, -0.2) is 0 Å². The molecule has 0 saturated carbocycles. The van der Waals surface area contributed by atoms with Crippen molar-refractivity contribution in [3.05, 3.63) is 0 Å². The summed E-state index contributed by atoms with van der Waals surface area (Å²) in [7, 11) is -3.67. The molecule has 9 heavy (non-hydrogen) atoms. The fourth-order valence-electron chi connectivity index (χ4n) is 0.204. The number of nitrogens with two attached hydrogens (primary N) is 1. The van der Waals surface area contributed by atoms with Crippen LogP contribution in [-0.4, -0.2) is 14.1 Å². The summed E-state index contributed by atoms with van der Waals surface area (Å²) in [5, 5.41) is 0. The van der Waals surface area contributed by atoms with Crippen LogP contribution in [0.15, 0.2) is 0 Å². The average molecular weight is 141 g/mol. The molecule has 0 heterocycles. The molecule has 56 valence electrons. The van der Waals surface area contributed by atoms with E-state index in [9.17, 15) is 12.9 Å². The van der Waals surface area contributed by atoms with Crippen molar-refractivity contribution < 1.29 is 12.9 Å². The van der Waals surface area contributed by atoms with Crippen molar-refractivity contribution in [3.8, 4) is 0 Å².